The first-order chi connectivity index (χ1) is 17.3. The highest BCUT2D eigenvalue weighted by Crippen LogP contribution is 2.29. The highest BCUT2D eigenvalue weighted by molar-refractivity contribution is 7.89. The van der Waals surface area contributed by atoms with Gasteiger partial charge in [0.05, 0.1) is 24.0 Å². The molecule has 0 atom stereocenters. The van der Waals surface area contributed by atoms with Gasteiger partial charge in [0.2, 0.25) is 20.0 Å². The number of sulfonamides is 2. The maximum Gasteiger partial charge on any atom is 0.243 e. The molecule has 1 aliphatic rings. The second-order valence-electron chi connectivity index (χ2n) is 8.44. The van der Waals surface area contributed by atoms with Crippen LogP contribution in [-0.2, 0) is 33.0 Å². The summed E-state index contributed by atoms with van der Waals surface area (Å²) in [7, 11) is -4.38. The van der Waals surface area contributed by atoms with Gasteiger partial charge in [0, 0.05) is 31.1 Å². The molecule has 0 saturated carbocycles. The largest absolute Gasteiger partial charge is 0.493 e. The number of hydrogen-bond acceptors (Lipinski definition) is 7. The van der Waals surface area contributed by atoms with Gasteiger partial charge < -0.3 is 9.47 Å². The van der Waals surface area contributed by atoms with E-state index in [1.165, 1.54) is 44.2 Å². The van der Waals surface area contributed by atoms with Crippen LogP contribution in [0.25, 0.3) is 0 Å². The lowest BCUT2D eigenvalue weighted by molar-refractivity contribution is 0.354. The Kier molecular flexibility index (Phi) is 8.36. The molecule has 1 aliphatic heterocycles. The second kappa shape index (κ2) is 11.3. The zero-order valence-electron chi connectivity index (χ0n) is 20.3. The van der Waals surface area contributed by atoms with Gasteiger partial charge in [0.25, 0.3) is 0 Å². The van der Waals surface area contributed by atoms with Crippen LogP contribution in [0.5, 0.6) is 11.5 Å². The highest BCUT2D eigenvalue weighted by Gasteiger charge is 2.29. The fourth-order valence-electron chi connectivity index (χ4n) is 4.16. The fourth-order valence-corrected chi connectivity index (χ4v) is 7.90. The molecule has 1 saturated heterocycles. The van der Waals surface area contributed by atoms with E-state index in [2.05, 4.69) is 0 Å². The summed E-state index contributed by atoms with van der Waals surface area (Å²) in [5, 5.41) is 1.91. The molecule has 0 bridgehead atoms. The van der Waals surface area contributed by atoms with Gasteiger partial charge in [-0.05, 0) is 72.7 Å². The Morgan fingerprint density at radius 2 is 1.56 bits per heavy atom. The average Bonchev–Trinajstić information content (AvgIpc) is 3.61. The normalized spacial score (nSPS) is 14.9. The van der Waals surface area contributed by atoms with Crippen LogP contribution in [0.3, 0.4) is 0 Å². The number of rotatable bonds is 11. The van der Waals surface area contributed by atoms with E-state index < -0.39 is 20.0 Å². The third kappa shape index (κ3) is 5.76. The summed E-state index contributed by atoms with van der Waals surface area (Å²) < 4.78 is 66.5. The van der Waals surface area contributed by atoms with Gasteiger partial charge in [-0.1, -0.05) is 12.1 Å². The number of thiophene rings is 1. The Bertz CT molecular complexity index is 1370. The average molecular weight is 551 g/mol. The minimum Gasteiger partial charge on any atom is -0.493 e. The molecule has 1 fully saturated rings. The van der Waals surface area contributed by atoms with E-state index in [0.717, 1.165) is 23.3 Å². The first-order valence-electron chi connectivity index (χ1n) is 11.6. The van der Waals surface area contributed by atoms with Crippen molar-refractivity contribution in [2.24, 2.45) is 0 Å². The molecular weight excluding hydrogens is 520 g/mol. The van der Waals surface area contributed by atoms with Crippen molar-refractivity contribution >= 4 is 31.4 Å². The third-order valence-electron chi connectivity index (χ3n) is 6.17. The van der Waals surface area contributed by atoms with Crippen LogP contribution in [0, 0.1) is 0 Å². The minimum atomic E-state index is -3.88. The van der Waals surface area contributed by atoms with E-state index in [1.807, 2.05) is 29.6 Å². The molecule has 1 aromatic heterocycles. The first kappa shape index (κ1) is 26.6. The smallest absolute Gasteiger partial charge is 0.243 e. The molecule has 0 N–H and O–H groups in total. The topological polar surface area (TPSA) is 93.2 Å². The number of methoxy groups -OCH3 is 2. The van der Waals surface area contributed by atoms with Gasteiger partial charge in [0.1, 0.15) is 0 Å². The van der Waals surface area contributed by atoms with Crippen LogP contribution >= 0.6 is 11.3 Å². The Labute approximate surface area is 217 Å². The van der Waals surface area contributed by atoms with E-state index in [4.69, 9.17) is 9.47 Å². The number of nitrogens with zero attached hydrogens (tertiary/aromatic N) is 2. The van der Waals surface area contributed by atoms with E-state index in [0.29, 0.717) is 31.0 Å². The Balaban J connectivity index is 1.58. The molecule has 36 heavy (non-hydrogen) atoms. The summed E-state index contributed by atoms with van der Waals surface area (Å²) in [6.07, 6.45) is 2.14. The van der Waals surface area contributed by atoms with Crippen molar-refractivity contribution in [2.75, 3.05) is 33.9 Å². The van der Waals surface area contributed by atoms with Crippen LogP contribution < -0.4 is 9.47 Å². The maximum absolute atomic E-state index is 13.6. The molecule has 0 aliphatic carbocycles. The van der Waals surface area contributed by atoms with Crippen LogP contribution in [0.2, 0.25) is 0 Å². The summed E-state index contributed by atoms with van der Waals surface area (Å²) in [5.41, 5.74) is 0.908. The second-order valence-corrected chi connectivity index (χ2v) is 13.3. The SMILES string of the molecule is COc1ccc(CCN(Cc2cccs2)S(=O)(=O)c2ccc(S(=O)(=O)N3CCCC3)cc2)cc1OC. The Morgan fingerprint density at radius 3 is 2.17 bits per heavy atom. The lowest BCUT2D eigenvalue weighted by atomic mass is 10.1. The molecule has 8 nitrogen and oxygen atoms in total. The predicted molar refractivity (Wildman–Crippen MR) is 140 cm³/mol. The molecule has 2 heterocycles. The third-order valence-corrected chi connectivity index (χ3v) is 10.8. The highest BCUT2D eigenvalue weighted by atomic mass is 32.2. The van der Waals surface area contributed by atoms with Crippen molar-refractivity contribution in [3.05, 3.63) is 70.4 Å². The van der Waals surface area contributed by atoms with Crippen molar-refractivity contribution in [3.63, 3.8) is 0 Å². The van der Waals surface area contributed by atoms with Crippen molar-refractivity contribution in [1.29, 1.82) is 0 Å². The van der Waals surface area contributed by atoms with Crippen molar-refractivity contribution < 1.29 is 26.3 Å². The molecule has 0 spiro atoms. The fraction of sp³-hybridized carbons (Fsp3) is 0.360. The zero-order chi connectivity index (χ0) is 25.8. The molecule has 3 aromatic rings. The Morgan fingerprint density at radius 1 is 0.889 bits per heavy atom. The molecule has 0 radical (unpaired) electrons. The molecule has 2 aromatic carbocycles. The first-order valence-corrected chi connectivity index (χ1v) is 15.4. The minimum absolute atomic E-state index is 0.0618. The molecule has 11 heteroatoms. The quantitative estimate of drug-likeness (QED) is 0.359. The number of benzene rings is 2. The maximum atomic E-state index is 13.6. The summed E-state index contributed by atoms with van der Waals surface area (Å²) in [6, 6.07) is 14.9. The van der Waals surface area contributed by atoms with Crippen LogP contribution in [-0.4, -0.2) is 59.3 Å². The molecule has 0 amide bonds. The summed E-state index contributed by atoms with van der Waals surface area (Å²) in [5.74, 6) is 1.19. The van der Waals surface area contributed by atoms with Gasteiger partial charge >= 0.3 is 0 Å². The van der Waals surface area contributed by atoms with Gasteiger partial charge in [-0.25, -0.2) is 16.8 Å². The summed E-state index contributed by atoms with van der Waals surface area (Å²) in [4.78, 5) is 1.09. The van der Waals surface area contributed by atoms with Gasteiger partial charge in [-0.15, -0.1) is 11.3 Å². The van der Waals surface area contributed by atoms with E-state index >= 15 is 0 Å². The number of hydrogen-bond donors (Lipinski definition) is 0. The molecular formula is C25H30N2O6S3. The lowest BCUT2D eigenvalue weighted by Gasteiger charge is -2.22. The Hall–Kier alpha value is -2.44. The summed E-state index contributed by atoms with van der Waals surface area (Å²) in [6.45, 7) is 1.45. The van der Waals surface area contributed by atoms with E-state index in [-0.39, 0.29) is 22.9 Å². The van der Waals surface area contributed by atoms with Crippen molar-refractivity contribution in [1.82, 2.24) is 8.61 Å². The summed E-state index contributed by atoms with van der Waals surface area (Å²) >= 11 is 1.49. The van der Waals surface area contributed by atoms with Gasteiger partial charge in [0.15, 0.2) is 11.5 Å². The molecule has 0 unspecified atom stereocenters. The van der Waals surface area contributed by atoms with Crippen LogP contribution in [0.15, 0.2) is 69.8 Å². The van der Waals surface area contributed by atoms with Gasteiger partial charge in [-0.3, -0.25) is 0 Å². The number of ether oxygens (including phenoxy) is 2. The standard InChI is InChI=1S/C25H30N2O6S3/c1-32-24-12-7-20(18-25(24)33-2)13-16-27(19-21-6-5-17-34-21)36(30,31)23-10-8-22(9-11-23)35(28,29)26-14-3-4-15-26/h5-12,17-18H,3-4,13-16,19H2,1-2H3. The monoisotopic (exact) mass is 550 g/mol. The van der Waals surface area contributed by atoms with Crippen molar-refractivity contribution in [2.45, 2.75) is 35.6 Å². The lowest BCUT2D eigenvalue weighted by Crippen LogP contribution is -2.32. The van der Waals surface area contributed by atoms with Crippen LogP contribution in [0.1, 0.15) is 23.3 Å². The predicted octanol–water partition coefficient (Wildman–Crippen LogP) is 3.98. The van der Waals surface area contributed by atoms with E-state index in [9.17, 15) is 16.8 Å². The molecule has 4 rings (SSSR count). The van der Waals surface area contributed by atoms with Crippen LogP contribution in [0.4, 0.5) is 0 Å². The molecule has 194 valence electrons. The van der Waals surface area contributed by atoms with Crippen molar-refractivity contribution in [3.8, 4) is 11.5 Å². The van der Waals surface area contributed by atoms with E-state index in [1.54, 1.807) is 20.3 Å². The zero-order valence-corrected chi connectivity index (χ0v) is 22.7. The van der Waals surface area contributed by atoms with Gasteiger partial charge in [-0.2, -0.15) is 8.61 Å².